The van der Waals surface area contributed by atoms with Gasteiger partial charge in [0.1, 0.15) is 19.0 Å². The monoisotopic (exact) mass is 649 g/mol. The van der Waals surface area contributed by atoms with E-state index in [0.29, 0.717) is 57.2 Å². The maximum Gasteiger partial charge on any atom is 0.306 e. The van der Waals surface area contributed by atoms with Gasteiger partial charge in [0, 0.05) is 32.8 Å². The molecule has 0 N–H and O–H groups in total. The van der Waals surface area contributed by atoms with Crippen molar-refractivity contribution in [3.63, 3.8) is 0 Å². The van der Waals surface area contributed by atoms with Gasteiger partial charge in [0.05, 0.1) is 6.61 Å². The van der Waals surface area contributed by atoms with Crippen LogP contribution in [0.5, 0.6) is 0 Å². The maximum atomic E-state index is 12.4. The Kier molecular flexibility index (Phi) is 34.4. The van der Waals surface area contributed by atoms with E-state index in [1.54, 1.807) is 7.11 Å². The van der Waals surface area contributed by atoms with Gasteiger partial charge < -0.3 is 14.2 Å². The zero-order valence-electron chi connectivity index (χ0n) is 30.3. The number of esters is 2. The minimum Gasteiger partial charge on any atom is -0.461 e. The molecule has 46 heavy (non-hydrogen) atoms. The molecule has 0 heterocycles. The van der Waals surface area contributed by atoms with E-state index < -0.39 is 0 Å². The summed E-state index contributed by atoms with van der Waals surface area (Å²) >= 11 is 0. The van der Waals surface area contributed by atoms with E-state index in [-0.39, 0.29) is 11.9 Å². The van der Waals surface area contributed by atoms with Crippen molar-refractivity contribution in [1.29, 1.82) is 0 Å². The number of allylic oxidation sites excluding steroid dienone is 2. The number of carbonyl (C=O) groups excluding carboxylic acids is 3. The number of ketones is 1. The molecule has 6 nitrogen and oxygen atoms in total. The molecule has 0 unspecified atom stereocenters. The normalized spacial score (nSPS) is 11.7. The van der Waals surface area contributed by atoms with Crippen molar-refractivity contribution < 1.29 is 28.6 Å². The van der Waals surface area contributed by atoms with Gasteiger partial charge in [0.2, 0.25) is 0 Å². The fourth-order valence-electron chi connectivity index (χ4n) is 5.63. The first-order chi connectivity index (χ1) is 22.5. The first-order valence-corrected chi connectivity index (χ1v) is 19.1. The molecule has 0 rings (SSSR count). The van der Waals surface area contributed by atoms with E-state index in [9.17, 15) is 14.4 Å². The molecular weight excluding hydrogens is 576 g/mol. The van der Waals surface area contributed by atoms with Gasteiger partial charge in [-0.1, -0.05) is 141 Å². The number of unbranched alkanes of at least 4 members (excludes halogenated alkanes) is 16. The summed E-state index contributed by atoms with van der Waals surface area (Å²) in [6, 6.07) is 0. The van der Waals surface area contributed by atoms with E-state index in [1.165, 1.54) is 51.4 Å². The zero-order valence-corrected chi connectivity index (χ0v) is 30.3. The van der Waals surface area contributed by atoms with Gasteiger partial charge in [-0.05, 0) is 44.4 Å². The lowest BCUT2D eigenvalue weighted by atomic mass is 9.89. The highest BCUT2D eigenvalue weighted by molar-refractivity contribution is 5.78. The van der Waals surface area contributed by atoms with Crippen molar-refractivity contribution in [3.05, 3.63) is 24.3 Å². The molecule has 0 spiro atoms. The van der Waals surface area contributed by atoms with E-state index in [0.717, 1.165) is 89.9 Å². The molecule has 0 saturated carbocycles. The summed E-state index contributed by atoms with van der Waals surface area (Å²) < 4.78 is 15.7. The third-order valence-electron chi connectivity index (χ3n) is 8.55. The first-order valence-electron chi connectivity index (χ1n) is 19.1. The largest absolute Gasteiger partial charge is 0.461 e. The molecule has 0 bridgehead atoms. The van der Waals surface area contributed by atoms with Crippen LogP contribution in [0, 0.1) is 5.92 Å². The van der Waals surface area contributed by atoms with Crippen molar-refractivity contribution in [1.82, 2.24) is 0 Å². The Morgan fingerprint density at radius 1 is 0.522 bits per heavy atom. The van der Waals surface area contributed by atoms with E-state index in [4.69, 9.17) is 14.2 Å². The quantitative estimate of drug-likeness (QED) is 0.0386. The molecule has 0 radical (unpaired) electrons. The molecule has 268 valence electrons. The molecule has 0 saturated heterocycles. The number of ether oxygens (including phenoxy) is 3. The highest BCUT2D eigenvalue weighted by atomic mass is 16.5. The van der Waals surface area contributed by atoms with Crippen molar-refractivity contribution in [2.24, 2.45) is 5.92 Å². The van der Waals surface area contributed by atoms with E-state index in [2.05, 4.69) is 26.0 Å². The minimum absolute atomic E-state index is 0.0959. The average Bonchev–Trinajstić information content (AvgIpc) is 3.05. The molecule has 6 heteroatoms. The van der Waals surface area contributed by atoms with Gasteiger partial charge in [0.15, 0.2) is 0 Å². The van der Waals surface area contributed by atoms with Crippen LogP contribution in [0.25, 0.3) is 0 Å². The molecule has 0 fully saturated rings. The van der Waals surface area contributed by atoms with Crippen molar-refractivity contribution in [3.8, 4) is 0 Å². The molecular formula is C40H72O6. The third-order valence-corrected chi connectivity index (χ3v) is 8.55. The summed E-state index contributed by atoms with van der Waals surface area (Å²) in [4.78, 5) is 36.4. The van der Waals surface area contributed by atoms with Gasteiger partial charge in [-0.3, -0.25) is 14.4 Å². The fourth-order valence-corrected chi connectivity index (χ4v) is 5.63. The van der Waals surface area contributed by atoms with Gasteiger partial charge >= 0.3 is 11.9 Å². The molecule has 0 amide bonds. The summed E-state index contributed by atoms with van der Waals surface area (Å²) in [5.41, 5.74) is 0. The second kappa shape index (κ2) is 35.9. The first kappa shape index (κ1) is 44.0. The van der Waals surface area contributed by atoms with Crippen molar-refractivity contribution in [2.75, 3.05) is 26.9 Å². The molecule has 0 aromatic rings. The number of Topliss-reactive ketones (excluding diaryl/α,β-unsaturated/α-hetero) is 1. The second-order valence-electron chi connectivity index (χ2n) is 13.0. The summed E-state index contributed by atoms with van der Waals surface area (Å²) in [5, 5.41) is 0. The summed E-state index contributed by atoms with van der Waals surface area (Å²) in [6.45, 7) is 5.72. The van der Waals surface area contributed by atoms with Gasteiger partial charge in [0.25, 0.3) is 0 Å². The van der Waals surface area contributed by atoms with Crippen LogP contribution in [-0.2, 0) is 28.6 Å². The topological polar surface area (TPSA) is 78.9 Å². The predicted octanol–water partition coefficient (Wildman–Crippen LogP) is 11.2. The Hall–Kier alpha value is -1.95. The van der Waals surface area contributed by atoms with Crippen LogP contribution >= 0.6 is 0 Å². The Bertz CT molecular complexity index is 707. The van der Waals surface area contributed by atoms with Gasteiger partial charge in [-0.2, -0.15) is 0 Å². The summed E-state index contributed by atoms with van der Waals surface area (Å²) in [7, 11) is 1.64. The maximum absolute atomic E-state index is 12.4. The van der Waals surface area contributed by atoms with Crippen LogP contribution in [0.1, 0.15) is 181 Å². The predicted molar refractivity (Wildman–Crippen MR) is 192 cm³/mol. The number of carbonyl (C=O) groups is 3. The van der Waals surface area contributed by atoms with E-state index >= 15 is 0 Å². The SMILES string of the molecule is CCCCCC/C=C/COC(=O)CCCCCCCC(CCCCCCCC(=O)OC/C=C/CCCCCC)CC(=O)CCOC. The van der Waals surface area contributed by atoms with Crippen molar-refractivity contribution >= 4 is 17.7 Å². The lowest BCUT2D eigenvalue weighted by Gasteiger charge is -2.16. The molecule has 0 aromatic heterocycles. The Morgan fingerprint density at radius 2 is 0.957 bits per heavy atom. The fraction of sp³-hybridized carbons (Fsp3) is 0.825. The number of hydrogen-bond donors (Lipinski definition) is 0. The molecule has 0 aromatic carbocycles. The van der Waals surface area contributed by atoms with Gasteiger partial charge in [-0.25, -0.2) is 0 Å². The zero-order chi connectivity index (χ0) is 33.8. The standard InChI is InChI=1S/C40H72O6/c1-4-6-8-10-12-20-26-33-45-39(42)30-24-18-14-16-22-28-37(36-38(41)32-35-44-3)29-23-17-15-19-25-31-40(43)46-34-27-21-13-11-9-7-5-2/h20-21,26-27,37H,4-19,22-25,28-36H2,1-3H3/b26-20+,27-21+. The van der Waals surface area contributed by atoms with Crippen LogP contribution in [-0.4, -0.2) is 44.7 Å². The molecule has 0 aliphatic carbocycles. The van der Waals surface area contributed by atoms with Gasteiger partial charge in [-0.15, -0.1) is 0 Å². The molecule has 0 aliphatic rings. The average molecular weight is 649 g/mol. The van der Waals surface area contributed by atoms with Crippen LogP contribution in [0.15, 0.2) is 24.3 Å². The number of methoxy groups -OCH3 is 1. The lowest BCUT2D eigenvalue weighted by molar-refractivity contribution is -0.143. The summed E-state index contributed by atoms with van der Waals surface area (Å²) in [5.74, 6) is 0.554. The van der Waals surface area contributed by atoms with Crippen LogP contribution in [0.2, 0.25) is 0 Å². The Labute approximate surface area is 283 Å². The molecule has 0 atom stereocenters. The summed E-state index contributed by atoms with van der Waals surface area (Å²) in [6.07, 6.45) is 35.3. The Morgan fingerprint density at radius 3 is 1.41 bits per heavy atom. The highest BCUT2D eigenvalue weighted by Crippen LogP contribution is 2.23. The van der Waals surface area contributed by atoms with Crippen LogP contribution in [0.3, 0.4) is 0 Å². The second-order valence-corrected chi connectivity index (χ2v) is 13.0. The van der Waals surface area contributed by atoms with Crippen LogP contribution < -0.4 is 0 Å². The highest BCUT2D eigenvalue weighted by Gasteiger charge is 2.14. The lowest BCUT2D eigenvalue weighted by Crippen LogP contribution is -2.11. The van der Waals surface area contributed by atoms with E-state index in [1.807, 2.05) is 12.2 Å². The Balaban J connectivity index is 3.98. The smallest absolute Gasteiger partial charge is 0.306 e. The van der Waals surface area contributed by atoms with Crippen molar-refractivity contribution in [2.45, 2.75) is 181 Å². The number of rotatable bonds is 35. The number of hydrogen-bond acceptors (Lipinski definition) is 6. The molecule has 0 aliphatic heterocycles. The van der Waals surface area contributed by atoms with Crippen LogP contribution in [0.4, 0.5) is 0 Å². The minimum atomic E-state index is -0.0959. The third kappa shape index (κ3) is 33.4.